The minimum atomic E-state index is -0.750. The Balaban J connectivity index is 2.34. The summed E-state index contributed by atoms with van der Waals surface area (Å²) < 4.78 is 32.5. The molecule has 0 aliphatic rings. The third kappa shape index (κ3) is 2.73. The molecular formula is C11H10BrF2N3O. The highest BCUT2D eigenvalue weighted by molar-refractivity contribution is 9.10. The lowest BCUT2D eigenvalue weighted by molar-refractivity contribution is 0.415. The van der Waals surface area contributed by atoms with Crippen molar-refractivity contribution in [1.82, 2.24) is 15.5 Å². The van der Waals surface area contributed by atoms with Crippen molar-refractivity contribution < 1.29 is 13.3 Å². The number of hydrogen-bond acceptors (Lipinski definition) is 4. The second-order valence-electron chi connectivity index (χ2n) is 3.54. The largest absolute Gasteiger partial charge is 0.334 e. The molecule has 0 fully saturated rings. The summed E-state index contributed by atoms with van der Waals surface area (Å²) in [5.41, 5.74) is -0.312. The lowest BCUT2D eigenvalue weighted by Crippen LogP contribution is -2.12. The van der Waals surface area contributed by atoms with Crippen LogP contribution in [-0.4, -0.2) is 16.7 Å². The van der Waals surface area contributed by atoms with Gasteiger partial charge in [-0.1, -0.05) is 28.0 Å². The summed E-state index contributed by atoms with van der Waals surface area (Å²) in [6, 6.07) is 2.29. The van der Waals surface area contributed by atoms with Crippen LogP contribution in [0.1, 0.15) is 12.7 Å². The molecule has 2 aromatic rings. The molecule has 1 heterocycles. The first kappa shape index (κ1) is 13.1. The van der Waals surface area contributed by atoms with Crippen LogP contribution in [0, 0.1) is 11.6 Å². The molecule has 0 unspecified atom stereocenters. The smallest absolute Gasteiger partial charge is 0.263 e. The van der Waals surface area contributed by atoms with Crippen molar-refractivity contribution in [2.45, 2.75) is 13.5 Å². The normalized spacial score (nSPS) is 10.9. The SMILES string of the molecule is CCNCc1noc(-c2c(F)cc(Br)cc2F)n1. The van der Waals surface area contributed by atoms with Gasteiger partial charge in [-0.3, -0.25) is 0 Å². The van der Waals surface area contributed by atoms with E-state index in [-0.39, 0.29) is 11.5 Å². The molecule has 0 amide bonds. The molecule has 0 atom stereocenters. The van der Waals surface area contributed by atoms with E-state index in [9.17, 15) is 8.78 Å². The first-order chi connectivity index (χ1) is 8.61. The highest BCUT2D eigenvalue weighted by Gasteiger charge is 2.18. The van der Waals surface area contributed by atoms with Gasteiger partial charge in [0.15, 0.2) is 5.82 Å². The Morgan fingerprint density at radius 2 is 2.00 bits per heavy atom. The van der Waals surface area contributed by atoms with Crippen LogP contribution in [0.25, 0.3) is 11.5 Å². The van der Waals surface area contributed by atoms with Crippen LogP contribution in [-0.2, 0) is 6.54 Å². The molecule has 0 aliphatic heterocycles. The van der Waals surface area contributed by atoms with Gasteiger partial charge in [0.1, 0.15) is 17.2 Å². The third-order valence-corrected chi connectivity index (χ3v) is 2.68. The zero-order chi connectivity index (χ0) is 13.1. The van der Waals surface area contributed by atoms with E-state index in [0.29, 0.717) is 16.8 Å². The van der Waals surface area contributed by atoms with Crippen LogP contribution in [0.2, 0.25) is 0 Å². The zero-order valence-electron chi connectivity index (χ0n) is 9.51. The minimum Gasteiger partial charge on any atom is -0.334 e. The van der Waals surface area contributed by atoms with E-state index in [1.54, 1.807) is 0 Å². The van der Waals surface area contributed by atoms with Gasteiger partial charge in [0.2, 0.25) is 0 Å². The topological polar surface area (TPSA) is 51.0 Å². The van der Waals surface area contributed by atoms with Gasteiger partial charge in [-0.25, -0.2) is 8.78 Å². The summed E-state index contributed by atoms with van der Waals surface area (Å²) >= 11 is 3.00. The maximum Gasteiger partial charge on any atom is 0.263 e. The van der Waals surface area contributed by atoms with Gasteiger partial charge in [0, 0.05) is 4.47 Å². The highest BCUT2D eigenvalue weighted by atomic mass is 79.9. The van der Waals surface area contributed by atoms with Gasteiger partial charge in [0.25, 0.3) is 5.89 Å². The van der Waals surface area contributed by atoms with Crippen LogP contribution in [0.4, 0.5) is 8.78 Å². The Hall–Kier alpha value is -1.34. The fourth-order valence-corrected chi connectivity index (χ4v) is 1.81. The molecule has 0 saturated heterocycles. The van der Waals surface area contributed by atoms with E-state index in [1.165, 1.54) is 0 Å². The summed E-state index contributed by atoms with van der Waals surface area (Å²) in [5, 5.41) is 6.63. The van der Waals surface area contributed by atoms with Gasteiger partial charge >= 0.3 is 0 Å². The predicted molar refractivity (Wildman–Crippen MR) is 64.7 cm³/mol. The van der Waals surface area contributed by atoms with Crippen LogP contribution in [0.3, 0.4) is 0 Å². The summed E-state index contributed by atoms with van der Waals surface area (Å²) in [5.74, 6) is -1.31. The molecule has 0 aliphatic carbocycles. The van der Waals surface area contributed by atoms with Crippen molar-refractivity contribution in [2.75, 3.05) is 6.54 Å². The molecule has 1 aromatic heterocycles. The van der Waals surface area contributed by atoms with Crippen molar-refractivity contribution >= 4 is 15.9 Å². The molecule has 0 bridgehead atoms. The monoisotopic (exact) mass is 317 g/mol. The van der Waals surface area contributed by atoms with Gasteiger partial charge in [-0.15, -0.1) is 0 Å². The van der Waals surface area contributed by atoms with Crippen molar-refractivity contribution in [3.05, 3.63) is 34.1 Å². The van der Waals surface area contributed by atoms with E-state index >= 15 is 0 Å². The maximum absolute atomic E-state index is 13.6. The molecule has 2 rings (SSSR count). The summed E-state index contributed by atoms with van der Waals surface area (Å²) in [6.45, 7) is 3.06. The number of benzene rings is 1. The average molecular weight is 318 g/mol. The quantitative estimate of drug-likeness (QED) is 0.942. The number of hydrogen-bond donors (Lipinski definition) is 1. The molecule has 18 heavy (non-hydrogen) atoms. The maximum atomic E-state index is 13.6. The fraction of sp³-hybridized carbons (Fsp3) is 0.273. The van der Waals surface area contributed by atoms with Crippen LogP contribution >= 0.6 is 15.9 Å². The van der Waals surface area contributed by atoms with Gasteiger partial charge in [-0.05, 0) is 18.7 Å². The molecular weight excluding hydrogens is 308 g/mol. The fourth-order valence-electron chi connectivity index (χ4n) is 1.41. The molecule has 0 spiro atoms. The molecule has 1 aromatic carbocycles. The standard InChI is InChI=1S/C11H10BrF2N3O/c1-2-15-5-9-16-11(18-17-9)10-7(13)3-6(12)4-8(10)14/h3-4,15H,2,5H2,1H3. The van der Waals surface area contributed by atoms with Crippen molar-refractivity contribution in [2.24, 2.45) is 0 Å². The van der Waals surface area contributed by atoms with E-state index in [0.717, 1.165) is 18.7 Å². The van der Waals surface area contributed by atoms with Gasteiger partial charge < -0.3 is 9.84 Å². The third-order valence-electron chi connectivity index (χ3n) is 2.22. The number of nitrogens with one attached hydrogen (secondary N) is 1. The molecule has 96 valence electrons. The Labute approximate surface area is 111 Å². The Kier molecular flexibility index (Phi) is 4.03. The first-order valence-corrected chi connectivity index (χ1v) is 6.09. The summed E-state index contributed by atoms with van der Waals surface area (Å²) in [7, 11) is 0. The van der Waals surface area contributed by atoms with Gasteiger partial charge in [0.05, 0.1) is 6.54 Å². The number of nitrogens with zero attached hydrogens (tertiary/aromatic N) is 2. The van der Waals surface area contributed by atoms with Crippen molar-refractivity contribution in [3.63, 3.8) is 0 Å². The molecule has 4 nitrogen and oxygen atoms in total. The number of rotatable bonds is 4. The molecule has 0 saturated carbocycles. The van der Waals surface area contributed by atoms with Crippen molar-refractivity contribution in [1.29, 1.82) is 0 Å². The first-order valence-electron chi connectivity index (χ1n) is 5.30. The Bertz CT molecular complexity index is 536. The molecule has 0 radical (unpaired) electrons. The van der Waals surface area contributed by atoms with Crippen molar-refractivity contribution in [3.8, 4) is 11.5 Å². The van der Waals surface area contributed by atoms with Gasteiger partial charge in [-0.2, -0.15) is 4.98 Å². The Morgan fingerprint density at radius 3 is 2.61 bits per heavy atom. The Morgan fingerprint density at radius 1 is 1.33 bits per heavy atom. The van der Waals surface area contributed by atoms with Crippen LogP contribution in [0.5, 0.6) is 0 Å². The van der Waals surface area contributed by atoms with Crippen LogP contribution in [0.15, 0.2) is 21.1 Å². The van der Waals surface area contributed by atoms with E-state index < -0.39 is 11.6 Å². The number of aromatic nitrogens is 2. The molecule has 1 N–H and O–H groups in total. The zero-order valence-corrected chi connectivity index (χ0v) is 11.1. The van der Waals surface area contributed by atoms with E-state index in [2.05, 4.69) is 31.4 Å². The lowest BCUT2D eigenvalue weighted by Gasteiger charge is -2.00. The second kappa shape index (κ2) is 5.53. The minimum absolute atomic E-state index is 0.162. The van der Waals surface area contributed by atoms with E-state index in [1.807, 2.05) is 6.92 Å². The molecule has 7 heteroatoms. The lowest BCUT2D eigenvalue weighted by atomic mass is 10.2. The predicted octanol–water partition coefficient (Wildman–Crippen LogP) is 2.89. The second-order valence-corrected chi connectivity index (χ2v) is 4.46. The number of halogens is 3. The highest BCUT2D eigenvalue weighted by Crippen LogP contribution is 2.27. The average Bonchev–Trinajstić information content (AvgIpc) is 2.73. The van der Waals surface area contributed by atoms with Crippen LogP contribution < -0.4 is 5.32 Å². The summed E-state index contributed by atoms with van der Waals surface area (Å²) in [4.78, 5) is 3.93. The summed E-state index contributed by atoms with van der Waals surface area (Å²) in [6.07, 6.45) is 0. The van der Waals surface area contributed by atoms with E-state index in [4.69, 9.17) is 4.52 Å².